The van der Waals surface area contributed by atoms with Crippen LogP contribution in [-0.4, -0.2) is 33.0 Å². The van der Waals surface area contributed by atoms with Crippen molar-refractivity contribution >= 4 is 15.9 Å². The highest BCUT2D eigenvalue weighted by Crippen LogP contribution is 2.42. The topological polar surface area (TPSA) is 75.3 Å². The number of carbonyl (C=O) groups is 1. The quantitative estimate of drug-likeness (QED) is 0.775. The molecule has 0 radical (unpaired) electrons. The molecule has 0 aromatic heterocycles. The van der Waals surface area contributed by atoms with Crippen molar-refractivity contribution in [1.29, 1.82) is 0 Å². The number of nitrogens with one attached hydrogen (secondary N) is 2. The van der Waals surface area contributed by atoms with E-state index < -0.39 is 33.0 Å². The molecule has 0 heterocycles. The summed E-state index contributed by atoms with van der Waals surface area (Å²) in [5.41, 5.74) is -0.546. The van der Waals surface area contributed by atoms with E-state index in [-0.39, 0.29) is 17.9 Å². The molecule has 1 aromatic rings. The van der Waals surface area contributed by atoms with E-state index >= 15 is 0 Å². The Morgan fingerprint density at radius 2 is 2.00 bits per heavy atom. The van der Waals surface area contributed by atoms with E-state index in [1.54, 1.807) is 0 Å². The zero-order valence-electron chi connectivity index (χ0n) is 12.9. The maximum absolute atomic E-state index is 14.0. The van der Waals surface area contributed by atoms with Gasteiger partial charge in [-0.15, -0.1) is 0 Å². The highest BCUT2D eigenvalue weighted by molar-refractivity contribution is 7.90. The first-order valence-electron chi connectivity index (χ1n) is 7.41. The molecule has 1 fully saturated rings. The first kappa shape index (κ1) is 17.7. The summed E-state index contributed by atoms with van der Waals surface area (Å²) in [6.45, 7) is 0.209. The van der Waals surface area contributed by atoms with Crippen LogP contribution in [0.2, 0.25) is 0 Å². The normalized spacial score (nSPS) is 16.5. The van der Waals surface area contributed by atoms with Crippen LogP contribution >= 0.6 is 0 Å². The van der Waals surface area contributed by atoms with Gasteiger partial charge in [-0.05, 0) is 31.7 Å². The first-order valence-corrected chi connectivity index (χ1v) is 9.47. The average Bonchev–Trinajstić information content (AvgIpc) is 2.39. The fraction of sp³-hybridized carbons (Fsp3) is 0.533. The Hall–Kier alpha value is -1.70. The Bertz CT molecular complexity index is 688. The fourth-order valence-corrected chi connectivity index (χ4v) is 3.34. The maximum Gasteiger partial charge on any atom is 0.315 e. The summed E-state index contributed by atoms with van der Waals surface area (Å²) in [5.74, 6) is -1.35. The molecular weight excluding hydrogens is 326 g/mol. The number of carbonyl (C=O) groups excluding carboxylic acids is 1. The van der Waals surface area contributed by atoms with Crippen molar-refractivity contribution in [2.45, 2.75) is 31.2 Å². The third kappa shape index (κ3) is 4.63. The monoisotopic (exact) mass is 346 g/mol. The third-order valence-corrected chi connectivity index (χ3v) is 5.01. The molecule has 1 saturated carbocycles. The molecule has 0 bridgehead atoms. The van der Waals surface area contributed by atoms with Gasteiger partial charge in [0.15, 0.2) is 0 Å². The maximum atomic E-state index is 14.0. The molecule has 0 saturated heterocycles. The molecule has 2 rings (SSSR count). The SMILES string of the molecule is CS(=O)(=O)CCCNC(=O)NC1(c2ccc(F)cc2F)CCC1. The summed E-state index contributed by atoms with van der Waals surface area (Å²) in [4.78, 5) is 12.0. The van der Waals surface area contributed by atoms with Crippen molar-refractivity contribution < 1.29 is 22.0 Å². The minimum atomic E-state index is -3.06. The molecular formula is C15H20F2N2O3S. The number of sulfone groups is 1. The summed E-state index contributed by atoms with van der Waals surface area (Å²) in [5, 5.41) is 5.31. The summed E-state index contributed by atoms with van der Waals surface area (Å²) in [6, 6.07) is 2.85. The van der Waals surface area contributed by atoms with Gasteiger partial charge in [0.05, 0.1) is 11.3 Å². The van der Waals surface area contributed by atoms with E-state index in [4.69, 9.17) is 0 Å². The molecule has 2 N–H and O–H groups in total. The van der Waals surface area contributed by atoms with E-state index in [9.17, 15) is 22.0 Å². The van der Waals surface area contributed by atoms with Gasteiger partial charge in [-0.1, -0.05) is 6.07 Å². The highest BCUT2D eigenvalue weighted by Gasteiger charge is 2.42. The van der Waals surface area contributed by atoms with Crippen molar-refractivity contribution in [3.8, 4) is 0 Å². The molecule has 1 aliphatic rings. The van der Waals surface area contributed by atoms with E-state index in [1.165, 1.54) is 12.1 Å². The molecule has 0 atom stereocenters. The molecule has 0 spiro atoms. The number of rotatable bonds is 6. The van der Waals surface area contributed by atoms with Gasteiger partial charge in [0.25, 0.3) is 0 Å². The number of benzene rings is 1. The van der Waals surface area contributed by atoms with Crippen LogP contribution in [0.25, 0.3) is 0 Å². The minimum Gasteiger partial charge on any atom is -0.338 e. The minimum absolute atomic E-state index is 0.00892. The zero-order chi connectivity index (χ0) is 17.1. The van der Waals surface area contributed by atoms with Crippen LogP contribution < -0.4 is 10.6 Å². The van der Waals surface area contributed by atoms with Gasteiger partial charge < -0.3 is 10.6 Å². The van der Waals surface area contributed by atoms with E-state index in [2.05, 4.69) is 10.6 Å². The lowest BCUT2D eigenvalue weighted by Gasteiger charge is -2.43. The van der Waals surface area contributed by atoms with Gasteiger partial charge in [0.1, 0.15) is 21.5 Å². The van der Waals surface area contributed by atoms with Crippen molar-refractivity contribution in [1.82, 2.24) is 10.6 Å². The molecule has 1 aliphatic carbocycles. The number of halogens is 2. The molecule has 2 amide bonds. The van der Waals surface area contributed by atoms with Gasteiger partial charge in [-0.3, -0.25) is 0 Å². The number of hydrogen-bond acceptors (Lipinski definition) is 3. The largest absolute Gasteiger partial charge is 0.338 e. The Labute approximate surface area is 134 Å². The standard InChI is InChI=1S/C15H20F2N2O3S/c1-23(21,22)9-3-8-18-14(20)19-15(6-2-7-15)12-5-4-11(16)10-13(12)17/h4-5,10H,2-3,6-9H2,1H3,(H2,18,19,20). The van der Waals surface area contributed by atoms with Crippen LogP contribution in [0, 0.1) is 11.6 Å². The van der Waals surface area contributed by atoms with Gasteiger partial charge in [0, 0.05) is 24.4 Å². The van der Waals surface area contributed by atoms with E-state index in [1.807, 2.05) is 0 Å². The Morgan fingerprint density at radius 3 is 2.52 bits per heavy atom. The number of hydrogen-bond donors (Lipinski definition) is 2. The van der Waals surface area contributed by atoms with Crippen molar-refractivity contribution in [3.63, 3.8) is 0 Å². The summed E-state index contributed by atoms with van der Waals surface area (Å²) in [7, 11) is -3.06. The van der Waals surface area contributed by atoms with Crippen LogP contribution in [0.4, 0.5) is 13.6 Å². The molecule has 1 aromatic carbocycles. The predicted molar refractivity (Wildman–Crippen MR) is 82.7 cm³/mol. The Morgan fingerprint density at radius 1 is 1.30 bits per heavy atom. The third-order valence-electron chi connectivity index (χ3n) is 3.98. The van der Waals surface area contributed by atoms with Crippen LogP contribution in [0.15, 0.2) is 18.2 Å². The van der Waals surface area contributed by atoms with Gasteiger partial charge >= 0.3 is 6.03 Å². The molecule has 128 valence electrons. The Kier molecular flexibility index (Phi) is 5.23. The Balaban J connectivity index is 1.95. The molecule has 8 heteroatoms. The highest BCUT2D eigenvalue weighted by atomic mass is 32.2. The second-order valence-corrected chi connectivity index (χ2v) is 8.18. The van der Waals surface area contributed by atoms with E-state index in [0.717, 1.165) is 18.7 Å². The van der Waals surface area contributed by atoms with Crippen molar-refractivity contribution in [2.24, 2.45) is 0 Å². The first-order chi connectivity index (χ1) is 10.7. The van der Waals surface area contributed by atoms with Crippen LogP contribution in [0.3, 0.4) is 0 Å². The molecule has 5 nitrogen and oxygen atoms in total. The summed E-state index contributed by atoms with van der Waals surface area (Å²) < 4.78 is 49.0. The van der Waals surface area contributed by atoms with Gasteiger partial charge in [-0.2, -0.15) is 0 Å². The van der Waals surface area contributed by atoms with Crippen LogP contribution in [0.5, 0.6) is 0 Å². The smallest absolute Gasteiger partial charge is 0.315 e. The molecule has 0 aliphatic heterocycles. The predicted octanol–water partition coefficient (Wildman–Crippen LogP) is 2.08. The van der Waals surface area contributed by atoms with Gasteiger partial charge in [-0.25, -0.2) is 22.0 Å². The number of urea groups is 1. The summed E-state index contributed by atoms with van der Waals surface area (Å²) in [6.07, 6.45) is 3.43. The van der Waals surface area contributed by atoms with Gasteiger partial charge in [0.2, 0.25) is 0 Å². The fourth-order valence-electron chi connectivity index (χ4n) is 2.67. The summed E-state index contributed by atoms with van der Waals surface area (Å²) >= 11 is 0. The second kappa shape index (κ2) is 6.82. The zero-order valence-corrected chi connectivity index (χ0v) is 13.7. The average molecular weight is 346 g/mol. The number of amides is 2. The lowest BCUT2D eigenvalue weighted by molar-refractivity contribution is 0.173. The lowest BCUT2D eigenvalue weighted by Crippen LogP contribution is -2.54. The van der Waals surface area contributed by atoms with Crippen molar-refractivity contribution in [3.05, 3.63) is 35.4 Å². The van der Waals surface area contributed by atoms with Crippen LogP contribution in [0.1, 0.15) is 31.2 Å². The molecule has 0 unspecified atom stereocenters. The van der Waals surface area contributed by atoms with Crippen LogP contribution in [-0.2, 0) is 15.4 Å². The molecule has 23 heavy (non-hydrogen) atoms. The lowest BCUT2D eigenvalue weighted by atomic mass is 9.71. The van der Waals surface area contributed by atoms with Crippen molar-refractivity contribution in [2.75, 3.05) is 18.6 Å². The second-order valence-electron chi connectivity index (χ2n) is 5.92. The van der Waals surface area contributed by atoms with E-state index in [0.29, 0.717) is 19.3 Å².